The highest BCUT2D eigenvalue weighted by Crippen LogP contribution is 2.38. The number of carbonyl (C=O) groups is 3. The van der Waals surface area contributed by atoms with Crippen LogP contribution in [0.15, 0.2) is 45.8 Å². The van der Waals surface area contributed by atoms with E-state index >= 15 is 0 Å². The Balaban J connectivity index is 1.49. The molecule has 2 aromatic rings. The Kier molecular flexibility index (Phi) is 7.83. The van der Waals surface area contributed by atoms with Crippen molar-refractivity contribution in [1.82, 2.24) is 9.80 Å². The van der Waals surface area contributed by atoms with Crippen molar-refractivity contribution in [3.05, 3.63) is 62.5 Å². The van der Waals surface area contributed by atoms with Crippen molar-refractivity contribution in [2.45, 2.75) is 19.9 Å². The number of imide groups is 1. The Morgan fingerprint density at radius 2 is 1.94 bits per heavy atom. The number of thioether (sulfide) groups is 1. The fourth-order valence-corrected chi connectivity index (χ4v) is 5.15. The van der Waals surface area contributed by atoms with Crippen molar-refractivity contribution < 1.29 is 23.9 Å². The smallest absolute Gasteiger partial charge is 0.294 e. The van der Waals surface area contributed by atoms with Crippen LogP contribution in [0.4, 0.5) is 4.79 Å². The largest absolute Gasteiger partial charge is 0.490 e. The van der Waals surface area contributed by atoms with Crippen LogP contribution in [0, 0.1) is 12.3 Å². The van der Waals surface area contributed by atoms with Crippen molar-refractivity contribution in [2.24, 2.45) is 0 Å². The van der Waals surface area contributed by atoms with Gasteiger partial charge in [-0.15, -0.1) is 6.42 Å². The van der Waals surface area contributed by atoms with Crippen LogP contribution in [0.1, 0.15) is 23.6 Å². The van der Waals surface area contributed by atoms with Crippen molar-refractivity contribution in [3.63, 3.8) is 0 Å². The first-order valence-electron chi connectivity index (χ1n) is 11.0. The lowest BCUT2D eigenvalue weighted by molar-refractivity contribution is -0.136. The van der Waals surface area contributed by atoms with Crippen molar-refractivity contribution in [2.75, 3.05) is 26.3 Å². The van der Waals surface area contributed by atoms with Crippen LogP contribution in [0.3, 0.4) is 0 Å². The molecule has 1 saturated heterocycles. The molecule has 0 unspecified atom stereocenters. The molecule has 0 atom stereocenters. The highest BCUT2D eigenvalue weighted by molar-refractivity contribution is 9.10. The van der Waals surface area contributed by atoms with Crippen molar-refractivity contribution in [3.8, 4) is 23.8 Å². The topological polar surface area (TPSA) is 76.2 Å². The maximum absolute atomic E-state index is 13.0. The molecule has 2 aromatic carbocycles. The highest BCUT2D eigenvalue weighted by Gasteiger charge is 2.37. The molecule has 0 radical (unpaired) electrons. The molecular formula is C26H23BrN2O5S. The van der Waals surface area contributed by atoms with Gasteiger partial charge >= 0.3 is 0 Å². The Morgan fingerprint density at radius 1 is 1.20 bits per heavy atom. The lowest BCUT2D eigenvalue weighted by atomic mass is 10.00. The SMILES string of the molecule is C#CCOc1cc(Br)c(/C=C2\SC(=O)N(CC(=O)N3CCc4ccccc4C3)C2=O)cc1OCC. The van der Waals surface area contributed by atoms with E-state index in [1.54, 1.807) is 23.1 Å². The lowest BCUT2D eigenvalue weighted by Gasteiger charge is -2.29. The van der Waals surface area contributed by atoms with E-state index in [0.29, 0.717) is 41.2 Å². The fourth-order valence-electron chi connectivity index (χ4n) is 3.88. The number of hydrogen-bond acceptors (Lipinski definition) is 6. The molecule has 2 heterocycles. The molecule has 7 nitrogen and oxygen atoms in total. The average molecular weight is 555 g/mol. The molecule has 0 aliphatic carbocycles. The molecule has 0 saturated carbocycles. The first kappa shape index (κ1) is 24.9. The van der Waals surface area contributed by atoms with Gasteiger partial charge in [-0.1, -0.05) is 46.1 Å². The molecule has 2 aliphatic heterocycles. The third-order valence-corrected chi connectivity index (χ3v) is 7.20. The summed E-state index contributed by atoms with van der Waals surface area (Å²) in [5, 5.41) is -0.470. The number of amides is 3. The van der Waals surface area contributed by atoms with E-state index in [-0.39, 0.29) is 24.0 Å². The van der Waals surface area contributed by atoms with Gasteiger partial charge < -0.3 is 14.4 Å². The molecule has 2 aliphatic rings. The van der Waals surface area contributed by atoms with Gasteiger partial charge in [0.15, 0.2) is 11.5 Å². The molecule has 9 heteroatoms. The summed E-state index contributed by atoms with van der Waals surface area (Å²) in [7, 11) is 0. The summed E-state index contributed by atoms with van der Waals surface area (Å²) < 4.78 is 11.8. The van der Waals surface area contributed by atoms with Gasteiger partial charge in [0.25, 0.3) is 11.1 Å². The molecule has 0 spiro atoms. The highest BCUT2D eigenvalue weighted by atomic mass is 79.9. The van der Waals surface area contributed by atoms with E-state index in [0.717, 1.165) is 28.6 Å². The second kappa shape index (κ2) is 11.0. The van der Waals surface area contributed by atoms with E-state index in [9.17, 15) is 14.4 Å². The maximum Gasteiger partial charge on any atom is 0.294 e. The normalized spacial score (nSPS) is 16.3. The van der Waals surface area contributed by atoms with E-state index in [1.165, 1.54) is 5.56 Å². The number of benzene rings is 2. The number of terminal acetylenes is 1. The van der Waals surface area contributed by atoms with Gasteiger partial charge in [-0.05, 0) is 60.0 Å². The van der Waals surface area contributed by atoms with Crippen molar-refractivity contribution in [1.29, 1.82) is 0 Å². The molecule has 0 N–H and O–H groups in total. The van der Waals surface area contributed by atoms with Gasteiger partial charge in [0.1, 0.15) is 13.2 Å². The third kappa shape index (κ3) is 5.55. The van der Waals surface area contributed by atoms with Gasteiger partial charge in [0.05, 0.1) is 11.5 Å². The van der Waals surface area contributed by atoms with Crippen LogP contribution in [0.2, 0.25) is 0 Å². The molecule has 0 aromatic heterocycles. The zero-order valence-corrected chi connectivity index (χ0v) is 21.5. The second-order valence-electron chi connectivity index (χ2n) is 7.85. The van der Waals surface area contributed by atoms with Gasteiger partial charge in [-0.3, -0.25) is 19.3 Å². The quantitative estimate of drug-likeness (QED) is 0.371. The van der Waals surface area contributed by atoms with E-state index in [1.807, 2.05) is 25.1 Å². The molecule has 0 bridgehead atoms. The minimum Gasteiger partial charge on any atom is -0.490 e. The van der Waals surface area contributed by atoms with Gasteiger partial charge in [0, 0.05) is 17.6 Å². The monoisotopic (exact) mass is 554 g/mol. The predicted molar refractivity (Wildman–Crippen MR) is 138 cm³/mol. The second-order valence-corrected chi connectivity index (χ2v) is 9.70. The van der Waals surface area contributed by atoms with Crippen LogP contribution in [0.25, 0.3) is 6.08 Å². The van der Waals surface area contributed by atoms with E-state index in [4.69, 9.17) is 15.9 Å². The zero-order valence-electron chi connectivity index (χ0n) is 19.1. The van der Waals surface area contributed by atoms with Gasteiger partial charge in [0.2, 0.25) is 5.91 Å². The summed E-state index contributed by atoms with van der Waals surface area (Å²) in [5.41, 5.74) is 2.94. The van der Waals surface area contributed by atoms with Crippen molar-refractivity contribution >= 4 is 50.8 Å². The predicted octanol–water partition coefficient (Wildman–Crippen LogP) is 4.48. The molecule has 35 heavy (non-hydrogen) atoms. The summed E-state index contributed by atoms with van der Waals surface area (Å²) >= 11 is 4.28. The molecule has 3 amide bonds. The summed E-state index contributed by atoms with van der Waals surface area (Å²) in [5.74, 6) is 2.60. The summed E-state index contributed by atoms with van der Waals surface area (Å²) in [4.78, 5) is 41.5. The average Bonchev–Trinajstić information content (AvgIpc) is 3.12. The van der Waals surface area contributed by atoms with Crippen LogP contribution in [-0.2, 0) is 22.6 Å². The minimum absolute atomic E-state index is 0.0847. The number of carbonyl (C=O) groups excluding carboxylic acids is 3. The summed E-state index contributed by atoms with van der Waals surface area (Å²) in [6.45, 7) is 3.09. The third-order valence-electron chi connectivity index (χ3n) is 5.61. The number of hydrogen-bond donors (Lipinski definition) is 0. The zero-order chi connectivity index (χ0) is 24.9. The Hall–Kier alpha value is -3.22. The van der Waals surface area contributed by atoms with Gasteiger partial charge in [-0.2, -0.15) is 0 Å². The Bertz CT molecular complexity index is 1250. The van der Waals surface area contributed by atoms with Crippen LogP contribution in [-0.4, -0.2) is 53.2 Å². The minimum atomic E-state index is -0.497. The van der Waals surface area contributed by atoms with Crippen LogP contribution in [0.5, 0.6) is 11.5 Å². The van der Waals surface area contributed by atoms with E-state index < -0.39 is 11.1 Å². The number of rotatable bonds is 7. The van der Waals surface area contributed by atoms with Gasteiger partial charge in [-0.25, -0.2) is 0 Å². The standard InChI is InChI=1S/C26H23BrN2O5S/c1-3-11-34-22-14-20(27)19(12-21(22)33-4-2)13-23-25(31)29(26(32)35-23)16-24(30)28-10-9-17-7-5-6-8-18(17)15-28/h1,5-8,12-14H,4,9-11,15-16H2,2H3/b23-13-. The molecule has 4 rings (SSSR count). The number of halogens is 1. The Morgan fingerprint density at radius 3 is 2.69 bits per heavy atom. The number of fused-ring (bicyclic) bond motifs is 1. The molecule has 180 valence electrons. The maximum atomic E-state index is 13.0. The summed E-state index contributed by atoms with van der Waals surface area (Å²) in [6, 6.07) is 11.4. The fraction of sp³-hybridized carbons (Fsp3) is 0.269. The van der Waals surface area contributed by atoms with Crippen LogP contribution >= 0.6 is 27.7 Å². The lowest BCUT2D eigenvalue weighted by Crippen LogP contribution is -2.44. The first-order chi connectivity index (χ1) is 16.9. The van der Waals surface area contributed by atoms with E-state index in [2.05, 4.69) is 27.9 Å². The summed E-state index contributed by atoms with van der Waals surface area (Å²) in [6.07, 6.45) is 7.63. The number of nitrogens with zero attached hydrogens (tertiary/aromatic N) is 2. The molecular weight excluding hydrogens is 532 g/mol. The number of ether oxygens (including phenoxy) is 2. The molecule has 1 fully saturated rings. The Labute approximate surface area is 216 Å². The first-order valence-corrected chi connectivity index (χ1v) is 12.6. The van der Waals surface area contributed by atoms with Crippen LogP contribution < -0.4 is 9.47 Å².